The van der Waals surface area contributed by atoms with Crippen LogP contribution in [-0.4, -0.2) is 15.8 Å². The normalized spacial score (nSPS) is 10.6. The van der Waals surface area contributed by atoms with Crippen LogP contribution >= 0.6 is 11.3 Å². The van der Waals surface area contributed by atoms with E-state index < -0.39 is 10.8 Å². The summed E-state index contributed by atoms with van der Waals surface area (Å²) >= 11 is 1.30. The Labute approximate surface area is 125 Å². The summed E-state index contributed by atoms with van der Waals surface area (Å²) < 4.78 is 0. The number of nitrogens with two attached hydrogens (primary N) is 1. The molecule has 110 valence electrons. The molecule has 0 atom stereocenters. The molecule has 0 fully saturated rings. The lowest BCUT2D eigenvalue weighted by atomic mass is 10.1. The van der Waals surface area contributed by atoms with Crippen LogP contribution in [0.5, 0.6) is 0 Å². The van der Waals surface area contributed by atoms with E-state index in [0.717, 1.165) is 11.8 Å². The maximum absolute atomic E-state index is 12.1. The number of rotatable bonds is 4. The molecule has 0 spiro atoms. The van der Waals surface area contributed by atoms with E-state index >= 15 is 0 Å². The van der Waals surface area contributed by atoms with Crippen molar-refractivity contribution in [3.05, 3.63) is 45.0 Å². The van der Waals surface area contributed by atoms with Gasteiger partial charge in [0.05, 0.1) is 16.2 Å². The summed E-state index contributed by atoms with van der Waals surface area (Å²) in [5.41, 5.74) is 6.63. The van der Waals surface area contributed by atoms with Crippen molar-refractivity contribution in [2.45, 2.75) is 19.8 Å². The third kappa shape index (κ3) is 3.34. The standard InChI is InChI=1S/C13H14N4O3S/c1-7(2)11-6-21-13(15-11)16-12(18)9-5-8(17(19)20)3-4-10(9)14/h3-7H,14H2,1-2H3,(H,15,16,18). The molecule has 1 aromatic carbocycles. The number of thiazole rings is 1. The second-order valence-corrected chi connectivity index (χ2v) is 5.57. The fraction of sp³-hybridized carbons (Fsp3) is 0.231. The van der Waals surface area contributed by atoms with Gasteiger partial charge in [-0.1, -0.05) is 13.8 Å². The Morgan fingerprint density at radius 3 is 2.76 bits per heavy atom. The van der Waals surface area contributed by atoms with Crippen LogP contribution in [-0.2, 0) is 0 Å². The second-order valence-electron chi connectivity index (χ2n) is 4.72. The summed E-state index contributed by atoms with van der Waals surface area (Å²) in [6.07, 6.45) is 0. The minimum absolute atomic E-state index is 0.0606. The Morgan fingerprint density at radius 2 is 2.19 bits per heavy atom. The number of hydrogen-bond acceptors (Lipinski definition) is 6. The molecule has 0 aliphatic carbocycles. The highest BCUT2D eigenvalue weighted by atomic mass is 32.1. The van der Waals surface area contributed by atoms with E-state index in [-0.39, 0.29) is 22.9 Å². The number of aromatic nitrogens is 1. The van der Waals surface area contributed by atoms with Crippen molar-refractivity contribution in [2.75, 3.05) is 11.1 Å². The number of anilines is 2. The molecule has 0 unspecified atom stereocenters. The van der Waals surface area contributed by atoms with Crippen molar-refractivity contribution in [3.63, 3.8) is 0 Å². The zero-order valence-corrected chi connectivity index (χ0v) is 12.3. The van der Waals surface area contributed by atoms with Crippen LogP contribution in [0.4, 0.5) is 16.5 Å². The van der Waals surface area contributed by atoms with Crippen molar-refractivity contribution in [1.82, 2.24) is 4.98 Å². The Bertz CT molecular complexity index is 696. The molecule has 1 heterocycles. The van der Waals surface area contributed by atoms with E-state index in [2.05, 4.69) is 10.3 Å². The monoisotopic (exact) mass is 306 g/mol. The van der Waals surface area contributed by atoms with E-state index in [4.69, 9.17) is 5.73 Å². The lowest BCUT2D eigenvalue weighted by molar-refractivity contribution is -0.384. The van der Waals surface area contributed by atoms with Gasteiger partial charge in [-0.15, -0.1) is 11.3 Å². The minimum atomic E-state index is -0.573. The summed E-state index contributed by atoms with van der Waals surface area (Å²) in [5, 5.41) is 15.7. The third-order valence-electron chi connectivity index (χ3n) is 2.83. The zero-order valence-electron chi connectivity index (χ0n) is 11.5. The average Bonchev–Trinajstić information content (AvgIpc) is 2.87. The summed E-state index contributed by atoms with van der Waals surface area (Å²) in [5.74, 6) is -0.254. The number of carbonyl (C=O) groups is 1. The van der Waals surface area contributed by atoms with Gasteiger partial charge in [-0.2, -0.15) is 0 Å². The van der Waals surface area contributed by atoms with Crippen molar-refractivity contribution in [2.24, 2.45) is 0 Å². The topological polar surface area (TPSA) is 111 Å². The van der Waals surface area contributed by atoms with Gasteiger partial charge in [0.1, 0.15) is 0 Å². The lowest BCUT2D eigenvalue weighted by Gasteiger charge is -2.05. The first kappa shape index (κ1) is 14.9. The molecule has 2 aromatic rings. The molecule has 0 aliphatic rings. The van der Waals surface area contributed by atoms with Crippen LogP contribution in [0.15, 0.2) is 23.6 Å². The maximum Gasteiger partial charge on any atom is 0.270 e. The highest BCUT2D eigenvalue weighted by Gasteiger charge is 2.17. The predicted octanol–water partition coefficient (Wildman–Crippen LogP) is 3.01. The Morgan fingerprint density at radius 1 is 1.48 bits per heavy atom. The van der Waals surface area contributed by atoms with E-state index in [0.29, 0.717) is 5.13 Å². The first-order chi connectivity index (χ1) is 9.88. The van der Waals surface area contributed by atoms with Crippen LogP contribution in [0.3, 0.4) is 0 Å². The summed E-state index contributed by atoms with van der Waals surface area (Å²) in [6, 6.07) is 3.75. The van der Waals surface area contributed by atoms with Gasteiger partial charge in [0.2, 0.25) is 0 Å². The number of nitrogen functional groups attached to an aromatic ring is 1. The molecule has 1 amide bonds. The van der Waals surface area contributed by atoms with Crippen LogP contribution < -0.4 is 11.1 Å². The molecule has 21 heavy (non-hydrogen) atoms. The molecule has 2 rings (SSSR count). The summed E-state index contributed by atoms with van der Waals surface area (Å²) in [7, 11) is 0. The SMILES string of the molecule is CC(C)c1csc(NC(=O)c2cc([N+](=O)[O-])ccc2N)n1. The Hall–Kier alpha value is -2.48. The smallest absolute Gasteiger partial charge is 0.270 e. The molecular formula is C13H14N4O3S. The van der Waals surface area contributed by atoms with Crippen molar-refractivity contribution >= 4 is 33.8 Å². The number of nitrogens with one attached hydrogen (secondary N) is 1. The Balaban J connectivity index is 2.23. The molecule has 3 N–H and O–H groups in total. The fourth-order valence-electron chi connectivity index (χ4n) is 1.63. The largest absolute Gasteiger partial charge is 0.398 e. The molecule has 8 heteroatoms. The van der Waals surface area contributed by atoms with Crippen LogP contribution in [0.25, 0.3) is 0 Å². The highest BCUT2D eigenvalue weighted by molar-refractivity contribution is 7.14. The molecule has 0 radical (unpaired) electrons. The number of nitrogens with zero attached hydrogens (tertiary/aromatic N) is 2. The van der Waals surface area contributed by atoms with Crippen LogP contribution in [0, 0.1) is 10.1 Å². The van der Waals surface area contributed by atoms with Gasteiger partial charge in [0.25, 0.3) is 11.6 Å². The maximum atomic E-state index is 12.1. The summed E-state index contributed by atoms with van der Waals surface area (Å²) in [6.45, 7) is 4.00. The van der Waals surface area contributed by atoms with Gasteiger partial charge in [0, 0.05) is 23.2 Å². The number of nitro groups is 1. The van der Waals surface area contributed by atoms with Gasteiger partial charge in [-0.25, -0.2) is 4.98 Å². The van der Waals surface area contributed by atoms with Gasteiger partial charge in [0.15, 0.2) is 5.13 Å². The van der Waals surface area contributed by atoms with Crippen molar-refractivity contribution < 1.29 is 9.72 Å². The van der Waals surface area contributed by atoms with Gasteiger partial charge >= 0.3 is 0 Å². The number of nitro benzene ring substituents is 1. The number of carbonyl (C=O) groups excluding carboxylic acids is 1. The number of amides is 1. The Kier molecular flexibility index (Phi) is 4.18. The second kappa shape index (κ2) is 5.88. The quantitative estimate of drug-likeness (QED) is 0.512. The first-order valence-electron chi connectivity index (χ1n) is 6.19. The van der Waals surface area contributed by atoms with Crippen LogP contribution in [0.1, 0.15) is 35.8 Å². The predicted molar refractivity (Wildman–Crippen MR) is 81.7 cm³/mol. The number of non-ortho nitro benzene ring substituents is 1. The molecule has 0 bridgehead atoms. The molecular weight excluding hydrogens is 292 g/mol. The lowest BCUT2D eigenvalue weighted by Crippen LogP contribution is -2.14. The molecule has 0 saturated heterocycles. The fourth-order valence-corrected chi connectivity index (χ4v) is 2.49. The highest BCUT2D eigenvalue weighted by Crippen LogP contribution is 2.24. The van der Waals surface area contributed by atoms with E-state index in [1.54, 1.807) is 0 Å². The van der Waals surface area contributed by atoms with Crippen molar-refractivity contribution in [3.8, 4) is 0 Å². The van der Waals surface area contributed by atoms with Gasteiger partial charge in [-0.05, 0) is 12.0 Å². The molecule has 0 saturated carbocycles. The average molecular weight is 306 g/mol. The third-order valence-corrected chi connectivity index (χ3v) is 3.60. The number of benzene rings is 1. The number of hydrogen-bond donors (Lipinski definition) is 2. The van der Waals surface area contributed by atoms with Gasteiger partial charge in [-0.3, -0.25) is 20.2 Å². The van der Waals surface area contributed by atoms with Crippen LogP contribution in [0.2, 0.25) is 0 Å². The van der Waals surface area contributed by atoms with Crippen molar-refractivity contribution in [1.29, 1.82) is 0 Å². The molecule has 0 aliphatic heterocycles. The first-order valence-corrected chi connectivity index (χ1v) is 7.07. The van der Waals surface area contributed by atoms with Gasteiger partial charge < -0.3 is 5.73 Å². The molecule has 1 aromatic heterocycles. The molecule has 7 nitrogen and oxygen atoms in total. The van der Waals surface area contributed by atoms with E-state index in [9.17, 15) is 14.9 Å². The zero-order chi connectivity index (χ0) is 15.6. The summed E-state index contributed by atoms with van der Waals surface area (Å²) in [4.78, 5) is 26.6. The van der Waals surface area contributed by atoms with E-state index in [1.165, 1.54) is 23.5 Å². The minimum Gasteiger partial charge on any atom is -0.398 e. The van der Waals surface area contributed by atoms with E-state index in [1.807, 2.05) is 19.2 Å².